The number of aliphatic carboxylic acids is 1. The van der Waals surface area contributed by atoms with Gasteiger partial charge in [0, 0.05) is 17.5 Å². The van der Waals surface area contributed by atoms with Crippen LogP contribution in [0.3, 0.4) is 0 Å². The van der Waals surface area contributed by atoms with E-state index in [1.807, 2.05) is 27.7 Å². The minimum absolute atomic E-state index is 0.293. The number of nitrogens with zero attached hydrogens (tertiary/aromatic N) is 1. The maximum Gasteiger partial charge on any atom is 0.303 e. The number of carbonyl (C=O) groups is 1. The van der Waals surface area contributed by atoms with Crippen LogP contribution in [0.15, 0.2) is 0 Å². The highest BCUT2D eigenvalue weighted by Crippen LogP contribution is 2.36. The molecule has 0 amide bonds. The van der Waals surface area contributed by atoms with Gasteiger partial charge in [-0.15, -0.1) is 0 Å². The Bertz CT molecular complexity index is 284. The largest absolute Gasteiger partial charge is 0.481 e. The van der Waals surface area contributed by atoms with Crippen molar-refractivity contribution in [3.8, 4) is 0 Å². The first-order valence-electron chi connectivity index (χ1n) is 7.42. The van der Waals surface area contributed by atoms with Crippen LogP contribution < -0.4 is 0 Å². The van der Waals surface area contributed by atoms with Crippen LogP contribution in [0.1, 0.15) is 73.1 Å². The van der Waals surface area contributed by atoms with E-state index in [-0.39, 0.29) is 17.2 Å². The molecule has 1 fully saturated rings. The van der Waals surface area contributed by atoms with E-state index in [2.05, 4.69) is 6.92 Å². The van der Waals surface area contributed by atoms with E-state index in [1.54, 1.807) is 0 Å². The smallest absolute Gasteiger partial charge is 0.303 e. The third kappa shape index (κ3) is 6.68. The summed E-state index contributed by atoms with van der Waals surface area (Å²) in [5.41, 5.74) is -0.637. The number of hydrogen-bond donors (Lipinski definition) is 3. The van der Waals surface area contributed by atoms with Crippen molar-refractivity contribution in [1.82, 2.24) is 5.06 Å². The highest BCUT2D eigenvalue weighted by atomic mass is 16.5. The molecule has 0 saturated carbocycles. The lowest BCUT2D eigenvalue weighted by Crippen LogP contribution is -2.60. The lowest BCUT2D eigenvalue weighted by Gasteiger charge is -2.50. The average molecular weight is 289 g/mol. The van der Waals surface area contributed by atoms with Gasteiger partial charge in [0.1, 0.15) is 0 Å². The number of hydroxylamine groups is 2. The summed E-state index contributed by atoms with van der Waals surface area (Å²) in [6.45, 7) is 9.82. The van der Waals surface area contributed by atoms with Gasteiger partial charge in [-0.25, -0.2) is 0 Å². The first kappa shape index (κ1) is 19.4. The van der Waals surface area contributed by atoms with E-state index in [4.69, 9.17) is 5.11 Å². The summed E-state index contributed by atoms with van der Waals surface area (Å²) in [5.74, 6) is -0.682. The van der Waals surface area contributed by atoms with Crippen molar-refractivity contribution in [3.05, 3.63) is 0 Å². The van der Waals surface area contributed by atoms with Gasteiger partial charge in [-0.3, -0.25) is 4.79 Å². The first-order chi connectivity index (χ1) is 9.03. The molecule has 0 aliphatic carbocycles. The van der Waals surface area contributed by atoms with Gasteiger partial charge >= 0.3 is 5.97 Å². The molecule has 0 spiro atoms. The lowest BCUT2D eigenvalue weighted by atomic mass is 9.80. The summed E-state index contributed by atoms with van der Waals surface area (Å²) in [5, 5.41) is 28.9. The van der Waals surface area contributed by atoms with Crippen LogP contribution >= 0.6 is 0 Å². The number of unbranched alkanes of at least 4 members (excludes halogenated alkanes) is 2. The molecule has 1 aliphatic rings. The van der Waals surface area contributed by atoms with E-state index >= 15 is 0 Å². The van der Waals surface area contributed by atoms with Crippen LogP contribution in [0.25, 0.3) is 0 Å². The molecule has 0 atom stereocenters. The predicted octanol–water partition coefficient (Wildman–Crippen LogP) is 3.04. The lowest BCUT2D eigenvalue weighted by molar-refractivity contribution is -0.257. The van der Waals surface area contributed by atoms with Crippen LogP contribution in [-0.4, -0.2) is 43.6 Å². The maximum absolute atomic E-state index is 9.87. The van der Waals surface area contributed by atoms with Gasteiger partial charge in [0.25, 0.3) is 0 Å². The Morgan fingerprint density at radius 1 is 1.15 bits per heavy atom. The molecule has 120 valence electrons. The second-order valence-corrected chi connectivity index (χ2v) is 6.85. The number of carboxylic acids is 1. The van der Waals surface area contributed by atoms with Crippen LogP contribution in [0.2, 0.25) is 0 Å². The molecular formula is C15H31NO4. The second-order valence-electron chi connectivity index (χ2n) is 6.85. The summed E-state index contributed by atoms with van der Waals surface area (Å²) in [6, 6.07) is 0. The standard InChI is InChI=1S/C9H19NO2.C6H12O2/c1-8(2)5-7(11)6-9(3,4)10(8)12;1-2-3-4-5-6(7)8/h7,11-12H,5-6H2,1-4H3;2-5H2,1H3,(H,7,8). The molecule has 1 saturated heterocycles. The maximum atomic E-state index is 9.87. The van der Waals surface area contributed by atoms with E-state index in [9.17, 15) is 15.1 Å². The Kier molecular flexibility index (Phi) is 7.70. The first-order valence-corrected chi connectivity index (χ1v) is 7.42. The Balaban J connectivity index is 0.000000396. The van der Waals surface area contributed by atoms with Crippen molar-refractivity contribution in [3.63, 3.8) is 0 Å². The minimum Gasteiger partial charge on any atom is -0.481 e. The highest BCUT2D eigenvalue weighted by molar-refractivity contribution is 5.66. The molecule has 5 nitrogen and oxygen atoms in total. The van der Waals surface area contributed by atoms with Crippen molar-refractivity contribution >= 4 is 5.97 Å². The molecule has 0 aromatic rings. The average Bonchev–Trinajstić information content (AvgIpc) is 2.25. The summed E-state index contributed by atoms with van der Waals surface area (Å²) < 4.78 is 0. The van der Waals surface area contributed by atoms with Crippen molar-refractivity contribution in [2.24, 2.45) is 0 Å². The Morgan fingerprint density at radius 3 is 1.95 bits per heavy atom. The van der Waals surface area contributed by atoms with E-state index in [0.29, 0.717) is 19.3 Å². The Hall–Kier alpha value is -0.650. The number of carboxylic acid groups (broad SMARTS) is 1. The Labute approximate surface area is 122 Å². The molecule has 1 rings (SSSR count). The van der Waals surface area contributed by atoms with E-state index in [1.165, 1.54) is 5.06 Å². The van der Waals surface area contributed by atoms with Crippen molar-refractivity contribution in [2.75, 3.05) is 0 Å². The molecule has 0 aromatic carbocycles. The van der Waals surface area contributed by atoms with Crippen LogP contribution in [0, 0.1) is 0 Å². The minimum atomic E-state index is -0.682. The Morgan fingerprint density at radius 2 is 1.60 bits per heavy atom. The summed E-state index contributed by atoms with van der Waals surface area (Å²) in [6.07, 6.45) is 4.25. The summed E-state index contributed by atoms with van der Waals surface area (Å²) in [7, 11) is 0. The molecule has 0 bridgehead atoms. The molecule has 0 radical (unpaired) electrons. The molecule has 0 aromatic heterocycles. The predicted molar refractivity (Wildman–Crippen MR) is 78.8 cm³/mol. The normalized spacial score (nSPS) is 21.9. The van der Waals surface area contributed by atoms with E-state index in [0.717, 1.165) is 19.3 Å². The van der Waals surface area contributed by atoms with Gasteiger partial charge in [0.15, 0.2) is 0 Å². The summed E-state index contributed by atoms with van der Waals surface area (Å²) in [4.78, 5) is 9.87. The quantitative estimate of drug-likeness (QED) is 0.693. The monoisotopic (exact) mass is 289 g/mol. The number of piperidine rings is 1. The van der Waals surface area contributed by atoms with Crippen molar-refractivity contribution in [1.29, 1.82) is 0 Å². The fourth-order valence-electron chi connectivity index (χ4n) is 2.74. The van der Waals surface area contributed by atoms with Gasteiger partial charge in [-0.2, -0.15) is 5.06 Å². The molecular weight excluding hydrogens is 258 g/mol. The number of rotatable bonds is 4. The zero-order valence-electron chi connectivity index (χ0n) is 13.5. The van der Waals surface area contributed by atoms with Gasteiger partial charge < -0.3 is 15.4 Å². The van der Waals surface area contributed by atoms with Gasteiger partial charge in [0.2, 0.25) is 0 Å². The fourth-order valence-corrected chi connectivity index (χ4v) is 2.74. The number of hydrogen-bond acceptors (Lipinski definition) is 4. The molecule has 3 N–H and O–H groups in total. The van der Waals surface area contributed by atoms with E-state index < -0.39 is 5.97 Å². The number of aliphatic hydroxyl groups excluding tert-OH is 1. The van der Waals surface area contributed by atoms with Crippen LogP contribution in [0.4, 0.5) is 0 Å². The third-order valence-electron chi connectivity index (χ3n) is 3.61. The second kappa shape index (κ2) is 7.96. The van der Waals surface area contributed by atoms with Crippen LogP contribution in [0.5, 0.6) is 0 Å². The summed E-state index contributed by atoms with van der Waals surface area (Å²) >= 11 is 0. The number of aliphatic hydroxyl groups is 1. The highest BCUT2D eigenvalue weighted by Gasteiger charge is 2.44. The van der Waals surface area contributed by atoms with Crippen molar-refractivity contribution < 1.29 is 20.2 Å². The molecule has 5 heteroatoms. The SMILES string of the molecule is CC1(C)CC(O)CC(C)(C)N1O.CCCCCC(=O)O. The molecule has 20 heavy (non-hydrogen) atoms. The van der Waals surface area contributed by atoms with Gasteiger partial charge in [-0.1, -0.05) is 19.8 Å². The molecule has 0 unspecified atom stereocenters. The zero-order valence-corrected chi connectivity index (χ0v) is 13.5. The third-order valence-corrected chi connectivity index (χ3v) is 3.61. The zero-order chi connectivity index (χ0) is 16.0. The molecule has 1 aliphatic heterocycles. The van der Waals surface area contributed by atoms with Gasteiger partial charge in [-0.05, 0) is 47.0 Å². The van der Waals surface area contributed by atoms with Gasteiger partial charge in [0.05, 0.1) is 6.10 Å². The molecule has 1 heterocycles. The van der Waals surface area contributed by atoms with Crippen molar-refractivity contribution in [2.45, 2.75) is 90.3 Å². The topological polar surface area (TPSA) is 81.0 Å². The fraction of sp³-hybridized carbons (Fsp3) is 0.933. The van der Waals surface area contributed by atoms with Crippen LogP contribution in [-0.2, 0) is 4.79 Å².